The van der Waals surface area contributed by atoms with Crippen LogP contribution in [0.15, 0.2) is 72.8 Å². The first-order chi connectivity index (χ1) is 15.2. The van der Waals surface area contributed by atoms with Gasteiger partial charge in [-0.3, -0.25) is 4.79 Å². The molecule has 0 N–H and O–H groups in total. The van der Waals surface area contributed by atoms with Gasteiger partial charge >= 0.3 is 0 Å². The minimum absolute atomic E-state index is 0.0991. The van der Waals surface area contributed by atoms with Crippen LogP contribution in [0.4, 0.5) is 5.13 Å². The number of thiazole rings is 1. The van der Waals surface area contributed by atoms with Crippen molar-refractivity contribution in [2.45, 2.75) is 6.42 Å². The first kappa shape index (κ1) is 20.0. The number of piperazine rings is 1. The molecular weight excluding hydrogens is 426 g/mol. The summed E-state index contributed by atoms with van der Waals surface area (Å²) < 4.78 is 1.09. The van der Waals surface area contributed by atoms with Crippen molar-refractivity contribution in [2.75, 3.05) is 31.1 Å². The van der Waals surface area contributed by atoms with Crippen LogP contribution in [0.25, 0.3) is 10.2 Å². The van der Waals surface area contributed by atoms with Crippen LogP contribution in [0, 0.1) is 0 Å². The van der Waals surface area contributed by atoms with E-state index in [1.165, 1.54) is 11.1 Å². The maximum atomic E-state index is 13.0. The fourth-order valence-corrected chi connectivity index (χ4v) is 5.19. The number of amides is 1. The average Bonchev–Trinajstić information content (AvgIpc) is 3.23. The molecule has 5 rings (SSSR count). The summed E-state index contributed by atoms with van der Waals surface area (Å²) in [5.41, 5.74) is 4.21. The van der Waals surface area contributed by atoms with E-state index in [9.17, 15) is 4.79 Å². The Hall–Kier alpha value is -2.89. The van der Waals surface area contributed by atoms with E-state index in [2.05, 4.69) is 41.3 Å². The minimum Gasteiger partial charge on any atom is -0.345 e. The standard InChI is InChI=1S/C25H22ClN3OS/c26-21-10-11-22-23(17-21)31-25(27-22)29-14-12-28(13-15-29)24(30)20-8-6-19(7-9-20)16-18-4-2-1-3-5-18/h1-11,17H,12-16H2. The smallest absolute Gasteiger partial charge is 0.253 e. The fraction of sp³-hybridized carbons (Fsp3) is 0.200. The molecule has 1 aliphatic heterocycles. The summed E-state index contributed by atoms with van der Waals surface area (Å²) in [4.78, 5) is 21.9. The first-order valence-corrected chi connectivity index (χ1v) is 11.6. The van der Waals surface area contributed by atoms with Crippen LogP contribution in [-0.4, -0.2) is 42.0 Å². The largest absolute Gasteiger partial charge is 0.345 e. The molecule has 0 unspecified atom stereocenters. The Morgan fingerprint density at radius 1 is 0.903 bits per heavy atom. The van der Waals surface area contributed by atoms with Gasteiger partial charge in [0.1, 0.15) is 0 Å². The molecule has 0 bridgehead atoms. The maximum Gasteiger partial charge on any atom is 0.253 e. The molecule has 0 radical (unpaired) electrons. The quantitative estimate of drug-likeness (QED) is 0.414. The lowest BCUT2D eigenvalue weighted by molar-refractivity contribution is 0.0747. The van der Waals surface area contributed by atoms with Crippen molar-refractivity contribution in [2.24, 2.45) is 0 Å². The third-order valence-corrected chi connectivity index (χ3v) is 6.94. The number of fused-ring (bicyclic) bond motifs is 1. The van der Waals surface area contributed by atoms with Gasteiger partial charge in [0, 0.05) is 36.8 Å². The highest BCUT2D eigenvalue weighted by atomic mass is 35.5. The Balaban J connectivity index is 1.21. The van der Waals surface area contributed by atoms with Crippen LogP contribution in [-0.2, 0) is 6.42 Å². The SMILES string of the molecule is O=C(c1ccc(Cc2ccccc2)cc1)N1CCN(c2nc3ccc(Cl)cc3s2)CC1. The Labute approximate surface area is 190 Å². The highest BCUT2D eigenvalue weighted by Gasteiger charge is 2.24. The molecule has 0 aliphatic carbocycles. The summed E-state index contributed by atoms with van der Waals surface area (Å²) in [5.74, 6) is 0.0991. The number of rotatable bonds is 4. The van der Waals surface area contributed by atoms with E-state index in [1.54, 1.807) is 11.3 Å². The molecule has 6 heteroatoms. The van der Waals surface area contributed by atoms with E-state index in [0.717, 1.165) is 45.4 Å². The number of carbonyl (C=O) groups is 1. The van der Waals surface area contributed by atoms with E-state index in [4.69, 9.17) is 16.6 Å². The zero-order valence-corrected chi connectivity index (χ0v) is 18.6. The van der Waals surface area contributed by atoms with Crippen LogP contribution < -0.4 is 4.90 Å². The molecule has 0 saturated carbocycles. The second kappa shape index (κ2) is 8.69. The van der Waals surface area contributed by atoms with Crippen molar-refractivity contribution < 1.29 is 4.79 Å². The Morgan fingerprint density at radius 2 is 1.61 bits per heavy atom. The van der Waals surface area contributed by atoms with Gasteiger partial charge in [-0.2, -0.15) is 0 Å². The zero-order valence-electron chi connectivity index (χ0n) is 17.0. The molecule has 156 valence electrons. The molecule has 1 amide bonds. The lowest BCUT2D eigenvalue weighted by atomic mass is 10.0. The molecule has 4 aromatic rings. The number of benzene rings is 3. The van der Waals surface area contributed by atoms with Gasteiger partial charge in [0.15, 0.2) is 5.13 Å². The van der Waals surface area contributed by atoms with Gasteiger partial charge in [0.25, 0.3) is 5.91 Å². The highest BCUT2D eigenvalue weighted by Crippen LogP contribution is 2.31. The van der Waals surface area contributed by atoms with Crippen LogP contribution in [0.1, 0.15) is 21.5 Å². The van der Waals surface area contributed by atoms with Crippen LogP contribution in [0.3, 0.4) is 0 Å². The van der Waals surface area contributed by atoms with Gasteiger partial charge in [-0.1, -0.05) is 65.4 Å². The second-order valence-corrected chi connectivity index (χ2v) is 9.19. The summed E-state index contributed by atoms with van der Waals surface area (Å²) in [5, 5.41) is 1.72. The Bertz CT molecular complexity index is 1200. The zero-order chi connectivity index (χ0) is 21.2. The highest BCUT2D eigenvalue weighted by molar-refractivity contribution is 7.22. The van der Waals surface area contributed by atoms with E-state index >= 15 is 0 Å². The molecule has 2 heterocycles. The van der Waals surface area contributed by atoms with Gasteiger partial charge in [-0.25, -0.2) is 4.98 Å². The summed E-state index contributed by atoms with van der Waals surface area (Å²) in [6.07, 6.45) is 0.876. The van der Waals surface area contributed by atoms with Gasteiger partial charge in [0.2, 0.25) is 0 Å². The van der Waals surface area contributed by atoms with Crippen molar-refractivity contribution in [3.8, 4) is 0 Å². The van der Waals surface area contributed by atoms with E-state index in [0.29, 0.717) is 13.1 Å². The predicted octanol–water partition coefficient (Wildman–Crippen LogP) is 5.50. The first-order valence-electron chi connectivity index (χ1n) is 10.4. The molecule has 1 aromatic heterocycles. The number of aromatic nitrogens is 1. The number of halogens is 1. The van der Waals surface area contributed by atoms with Crippen LogP contribution in [0.2, 0.25) is 5.02 Å². The average molecular weight is 448 g/mol. The number of hydrogen-bond donors (Lipinski definition) is 0. The third kappa shape index (κ3) is 4.43. The summed E-state index contributed by atoms with van der Waals surface area (Å²) >= 11 is 7.75. The molecule has 3 aromatic carbocycles. The normalized spacial score (nSPS) is 14.2. The van der Waals surface area contributed by atoms with E-state index in [-0.39, 0.29) is 5.91 Å². The second-order valence-electron chi connectivity index (χ2n) is 7.75. The van der Waals surface area contributed by atoms with Crippen molar-refractivity contribution in [3.63, 3.8) is 0 Å². The molecule has 1 fully saturated rings. The molecule has 0 spiro atoms. The fourth-order valence-electron chi connectivity index (χ4n) is 3.90. The van der Waals surface area contributed by atoms with Crippen molar-refractivity contribution in [3.05, 3.63) is 94.5 Å². The molecule has 1 aliphatic rings. The molecule has 1 saturated heterocycles. The maximum absolute atomic E-state index is 13.0. The summed E-state index contributed by atoms with van der Waals surface area (Å²) in [6, 6.07) is 24.2. The number of anilines is 1. The topological polar surface area (TPSA) is 36.4 Å². The number of nitrogens with zero attached hydrogens (tertiary/aromatic N) is 3. The van der Waals surface area contributed by atoms with Gasteiger partial charge in [-0.05, 0) is 47.9 Å². The van der Waals surface area contributed by atoms with Crippen molar-refractivity contribution >= 4 is 44.2 Å². The van der Waals surface area contributed by atoms with Crippen LogP contribution >= 0.6 is 22.9 Å². The van der Waals surface area contributed by atoms with Crippen molar-refractivity contribution in [1.82, 2.24) is 9.88 Å². The lowest BCUT2D eigenvalue weighted by Crippen LogP contribution is -2.48. The van der Waals surface area contributed by atoms with E-state index in [1.807, 2.05) is 41.3 Å². The lowest BCUT2D eigenvalue weighted by Gasteiger charge is -2.34. The summed E-state index contributed by atoms with van der Waals surface area (Å²) in [7, 11) is 0. The van der Waals surface area contributed by atoms with Gasteiger partial charge in [-0.15, -0.1) is 0 Å². The Kier molecular flexibility index (Phi) is 5.62. The molecular formula is C25H22ClN3OS. The number of hydrogen-bond acceptors (Lipinski definition) is 4. The number of carbonyl (C=O) groups excluding carboxylic acids is 1. The molecule has 0 atom stereocenters. The van der Waals surface area contributed by atoms with Gasteiger partial charge in [0.05, 0.1) is 10.2 Å². The monoisotopic (exact) mass is 447 g/mol. The van der Waals surface area contributed by atoms with Gasteiger partial charge < -0.3 is 9.80 Å². The summed E-state index contributed by atoms with van der Waals surface area (Å²) in [6.45, 7) is 2.96. The Morgan fingerprint density at radius 3 is 2.35 bits per heavy atom. The third-order valence-electron chi connectivity index (χ3n) is 5.63. The predicted molar refractivity (Wildman–Crippen MR) is 128 cm³/mol. The van der Waals surface area contributed by atoms with E-state index < -0.39 is 0 Å². The van der Waals surface area contributed by atoms with Crippen LogP contribution in [0.5, 0.6) is 0 Å². The molecule has 31 heavy (non-hydrogen) atoms. The molecule has 4 nitrogen and oxygen atoms in total. The minimum atomic E-state index is 0.0991. The van der Waals surface area contributed by atoms with Crippen molar-refractivity contribution in [1.29, 1.82) is 0 Å².